The van der Waals surface area contributed by atoms with E-state index in [1.165, 1.54) is 6.07 Å². The van der Waals surface area contributed by atoms with E-state index in [4.69, 9.17) is 0 Å². The zero-order chi connectivity index (χ0) is 19.6. The average molecular weight is 392 g/mol. The van der Waals surface area contributed by atoms with Crippen LogP contribution in [0.3, 0.4) is 0 Å². The molecule has 27 heavy (non-hydrogen) atoms. The molecule has 1 aromatic carbocycles. The second kappa shape index (κ2) is 7.60. The molecule has 1 N–H and O–H groups in total. The molecule has 3 rings (SSSR count). The second-order valence-corrected chi connectivity index (χ2v) is 7.48. The lowest BCUT2D eigenvalue weighted by atomic mass is 10.1. The summed E-state index contributed by atoms with van der Waals surface area (Å²) in [7, 11) is 0. The molecule has 0 aliphatic rings. The number of nitrogens with zero attached hydrogens (tertiary/aromatic N) is 1. The van der Waals surface area contributed by atoms with Crippen LogP contribution in [-0.4, -0.2) is 10.5 Å². The number of hydrogen-bond acceptors (Lipinski definition) is 2. The van der Waals surface area contributed by atoms with Gasteiger partial charge in [-0.1, -0.05) is 24.3 Å². The minimum absolute atomic E-state index is 0.0320. The van der Waals surface area contributed by atoms with Gasteiger partial charge in [0.15, 0.2) is 0 Å². The van der Waals surface area contributed by atoms with Gasteiger partial charge in [0, 0.05) is 18.0 Å². The van der Waals surface area contributed by atoms with Gasteiger partial charge < -0.3 is 9.88 Å². The molecular formula is C20H19F3N2OS. The standard InChI is InChI=1S/C20H19F3N2OS/c1-3-4-8-25-16-9-13(2)27-18(16)11-17(25)19(26)24-12-14-6-5-7-15(10-14)20(21,22)23/h3-7,9-11H,8,12H2,1-2H3,(H,24,26). The van der Waals surface area contributed by atoms with Gasteiger partial charge in [0.05, 0.1) is 15.8 Å². The second-order valence-electron chi connectivity index (χ2n) is 6.20. The van der Waals surface area contributed by atoms with Gasteiger partial charge >= 0.3 is 6.18 Å². The fourth-order valence-electron chi connectivity index (χ4n) is 2.89. The molecule has 0 saturated carbocycles. The van der Waals surface area contributed by atoms with Crippen molar-refractivity contribution in [1.29, 1.82) is 0 Å². The number of benzene rings is 1. The normalized spacial score (nSPS) is 12.2. The molecule has 0 aliphatic heterocycles. The van der Waals surface area contributed by atoms with Crippen molar-refractivity contribution in [3.63, 3.8) is 0 Å². The van der Waals surface area contributed by atoms with Gasteiger partial charge in [-0.15, -0.1) is 11.3 Å². The summed E-state index contributed by atoms with van der Waals surface area (Å²) in [5.74, 6) is -0.307. The van der Waals surface area contributed by atoms with E-state index in [0.29, 0.717) is 17.8 Å². The third-order valence-electron chi connectivity index (χ3n) is 4.18. The first kappa shape index (κ1) is 19.2. The Hall–Kier alpha value is -2.54. The first-order valence-electron chi connectivity index (χ1n) is 8.44. The van der Waals surface area contributed by atoms with Crippen LogP contribution < -0.4 is 5.32 Å². The minimum Gasteiger partial charge on any atom is -0.347 e. The maximum atomic E-state index is 12.8. The Labute approximate surface area is 159 Å². The predicted octanol–water partition coefficient (Wildman–Crippen LogP) is 5.54. The highest BCUT2D eigenvalue weighted by Crippen LogP contribution is 2.30. The van der Waals surface area contributed by atoms with E-state index >= 15 is 0 Å². The number of rotatable bonds is 5. The van der Waals surface area contributed by atoms with E-state index in [1.54, 1.807) is 17.4 Å². The Morgan fingerprint density at radius 1 is 1.26 bits per heavy atom. The molecule has 0 aliphatic carbocycles. The summed E-state index contributed by atoms with van der Waals surface area (Å²) in [5.41, 5.74) is 1.17. The molecular weight excluding hydrogens is 373 g/mol. The lowest BCUT2D eigenvalue weighted by Gasteiger charge is -2.11. The van der Waals surface area contributed by atoms with E-state index in [-0.39, 0.29) is 12.5 Å². The molecule has 2 aromatic heterocycles. The van der Waals surface area contributed by atoms with E-state index in [9.17, 15) is 18.0 Å². The third kappa shape index (κ3) is 4.24. The van der Waals surface area contributed by atoms with Crippen molar-refractivity contribution in [3.8, 4) is 0 Å². The first-order chi connectivity index (χ1) is 12.8. The summed E-state index contributed by atoms with van der Waals surface area (Å²) in [6, 6.07) is 8.85. The van der Waals surface area contributed by atoms with Gasteiger partial charge in [0.1, 0.15) is 5.69 Å². The number of carbonyl (C=O) groups is 1. The minimum atomic E-state index is -4.40. The van der Waals surface area contributed by atoms with Gasteiger partial charge in [-0.3, -0.25) is 4.79 Å². The van der Waals surface area contributed by atoms with Crippen LogP contribution in [0.2, 0.25) is 0 Å². The number of carbonyl (C=O) groups excluding carboxylic acids is 1. The van der Waals surface area contributed by atoms with Gasteiger partial charge in [-0.05, 0) is 43.7 Å². The van der Waals surface area contributed by atoms with Gasteiger partial charge in [0.2, 0.25) is 0 Å². The molecule has 0 saturated heterocycles. The van der Waals surface area contributed by atoms with Gasteiger partial charge in [-0.25, -0.2) is 0 Å². The maximum Gasteiger partial charge on any atom is 0.416 e. The Bertz CT molecular complexity index is 998. The van der Waals surface area contributed by atoms with Crippen molar-refractivity contribution in [2.24, 2.45) is 0 Å². The highest BCUT2D eigenvalue weighted by molar-refractivity contribution is 7.19. The van der Waals surface area contributed by atoms with E-state index in [2.05, 4.69) is 5.32 Å². The summed E-state index contributed by atoms with van der Waals surface area (Å²) in [5, 5.41) is 2.73. The molecule has 0 spiro atoms. The Kier molecular flexibility index (Phi) is 5.41. The topological polar surface area (TPSA) is 34.0 Å². The number of thiophene rings is 1. The Morgan fingerprint density at radius 2 is 2.04 bits per heavy atom. The molecule has 3 nitrogen and oxygen atoms in total. The molecule has 0 unspecified atom stereocenters. The lowest BCUT2D eigenvalue weighted by molar-refractivity contribution is -0.137. The van der Waals surface area contributed by atoms with Crippen LogP contribution in [0.25, 0.3) is 10.2 Å². The van der Waals surface area contributed by atoms with Crippen LogP contribution in [0.4, 0.5) is 13.2 Å². The monoisotopic (exact) mass is 392 g/mol. The molecule has 2 heterocycles. The third-order valence-corrected chi connectivity index (χ3v) is 5.16. The van der Waals surface area contributed by atoms with Crippen LogP contribution in [-0.2, 0) is 19.3 Å². The summed E-state index contributed by atoms with van der Waals surface area (Å²) >= 11 is 1.61. The summed E-state index contributed by atoms with van der Waals surface area (Å²) in [4.78, 5) is 13.8. The van der Waals surface area contributed by atoms with Gasteiger partial charge in [0.25, 0.3) is 5.91 Å². The number of fused-ring (bicyclic) bond motifs is 1. The molecule has 142 valence electrons. The fourth-order valence-corrected chi connectivity index (χ4v) is 3.85. The van der Waals surface area contributed by atoms with Crippen LogP contribution in [0.15, 0.2) is 48.6 Å². The number of alkyl halides is 3. The molecule has 7 heteroatoms. The van der Waals surface area contributed by atoms with Crippen molar-refractivity contribution in [2.45, 2.75) is 33.1 Å². The van der Waals surface area contributed by atoms with Crippen molar-refractivity contribution in [1.82, 2.24) is 9.88 Å². The van der Waals surface area contributed by atoms with Crippen molar-refractivity contribution < 1.29 is 18.0 Å². The number of halogens is 3. The number of hydrogen-bond donors (Lipinski definition) is 1. The zero-order valence-electron chi connectivity index (χ0n) is 14.9. The number of allylic oxidation sites excluding steroid dienone is 2. The van der Waals surface area contributed by atoms with Crippen molar-refractivity contribution in [3.05, 3.63) is 70.2 Å². The SMILES string of the molecule is CC=CCn1c(C(=O)NCc2cccc(C(F)(F)F)c2)cc2sc(C)cc21. The van der Waals surface area contributed by atoms with Gasteiger partial charge in [-0.2, -0.15) is 13.2 Å². The summed E-state index contributed by atoms with van der Waals surface area (Å²) in [6.07, 6.45) is -0.533. The average Bonchev–Trinajstić information content (AvgIpc) is 3.13. The predicted molar refractivity (Wildman–Crippen MR) is 102 cm³/mol. The van der Waals surface area contributed by atoms with Crippen molar-refractivity contribution in [2.75, 3.05) is 0 Å². The van der Waals surface area contributed by atoms with Crippen LogP contribution in [0.5, 0.6) is 0 Å². The molecule has 0 radical (unpaired) electrons. The lowest BCUT2D eigenvalue weighted by Crippen LogP contribution is -2.25. The fraction of sp³-hybridized carbons (Fsp3) is 0.250. The smallest absolute Gasteiger partial charge is 0.347 e. The Morgan fingerprint density at radius 3 is 2.74 bits per heavy atom. The van der Waals surface area contributed by atoms with E-state index in [1.807, 2.05) is 42.7 Å². The number of amides is 1. The highest BCUT2D eigenvalue weighted by atomic mass is 32.1. The van der Waals surface area contributed by atoms with Crippen LogP contribution >= 0.6 is 11.3 Å². The van der Waals surface area contributed by atoms with E-state index in [0.717, 1.165) is 27.2 Å². The molecule has 3 aromatic rings. The molecule has 0 bridgehead atoms. The zero-order valence-corrected chi connectivity index (χ0v) is 15.7. The quantitative estimate of drug-likeness (QED) is 0.569. The maximum absolute atomic E-state index is 12.8. The molecule has 0 fully saturated rings. The Balaban J connectivity index is 1.81. The summed E-state index contributed by atoms with van der Waals surface area (Å²) in [6.45, 7) is 4.51. The molecule has 1 amide bonds. The highest BCUT2D eigenvalue weighted by Gasteiger charge is 2.30. The summed E-state index contributed by atoms with van der Waals surface area (Å²) < 4.78 is 41.4. The number of nitrogens with one attached hydrogen (secondary N) is 1. The van der Waals surface area contributed by atoms with E-state index < -0.39 is 11.7 Å². The first-order valence-corrected chi connectivity index (χ1v) is 9.26. The van der Waals surface area contributed by atoms with Crippen LogP contribution in [0.1, 0.15) is 33.4 Å². The number of aromatic nitrogens is 1. The number of aryl methyl sites for hydroxylation is 1. The van der Waals surface area contributed by atoms with Crippen molar-refractivity contribution >= 4 is 27.5 Å². The largest absolute Gasteiger partial charge is 0.416 e. The van der Waals surface area contributed by atoms with Crippen LogP contribution in [0, 0.1) is 6.92 Å². The molecule has 0 atom stereocenters.